The van der Waals surface area contributed by atoms with Crippen LogP contribution in [0.25, 0.3) is 11.0 Å². The predicted octanol–water partition coefficient (Wildman–Crippen LogP) is 3.85. The number of fused-ring (bicyclic) bond motifs is 1. The van der Waals surface area contributed by atoms with Crippen molar-refractivity contribution in [3.63, 3.8) is 0 Å². The van der Waals surface area contributed by atoms with Crippen molar-refractivity contribution in [1.29, 1.82) is 0 Å². The first-order valence-corrected chi connectivity index (χ1v) is 10.0. The molecule has 164 valence electrons. The summed E-state index contributed by atoms with van der Waals surface area (Å²) in [6.45, 7) is 2.06. The normalized spacial score (nSPS) is 12.0. The Kier molecular flexibility index (Phi) is 5.95. The summed E-state index contributed by atoms with van der Waals surface area (Å²) in [6, 6.07) is 15.0. The molecule has 0 bridgehead atoms. The molecule has 4 rings (SSSR count). The van der Waals surface area contributed by atoms with Crippen LogP contribution in [0.15, 0.2) is 65.6 Å². The molecule has 2 aromatic carbocycles. The van der Waals surface area contributed by atoms with E-state index in [4.69, 9.17) is 4.63 Å². The zero-order chi connectivity index (χ0) is 22.7. The van der Waals surface area contributed by atoms with Crippen LogP contribution >= 0.6 is 0 Å². The van der Waals surface area contributed by atoms with Gasteiger partial charge in [-0.15, -0.1) is 0 Å². The highest BCUT2D eigenvalue weighted by Crippen LogP contribution is 2.44. The van der Waals surface area contributed by atoms with Crippen molar-refractivity contribution in [3.8, 4) is 0 Å². The quantitative estimate of drug-likeness (QED) is 0.325. The maximum absolute atomic E-state index is 11.9. The van der Waals surface area contributed by atoms with Gasteiger partial charge < -0.3 is 14.9 Å². The monoisotopic (exact) mass is 434 g/mol. The maximum atomic E-state index is 11.9. The molecule has 0 saturated heterocycles. The molecule has 0 amide bonds. The zero-order valence-electron chi connectivity index (χ0n) is 17.6. The number of anilines is 3. The fourth-order valence-electron chi connectivity index (χ4n) is 3.76. The summed E-state index contributed by atoms with van der Waals surface area (Å²) in [5, 5.41) is 29.2. The number of aliphatic hydroxyl groups excluding tert-OH is 1. The van der Waals surface area contributed by atoms with Crippen molar-refractivity contribution < 1.29 is 14.7 Å². The third-order valence-electron chi connectivity index (χ3n) is 5.35. The smallest absolute Gasteiger partial charge is 0.323 e. The lowest BCUT2D eigenvalue weighted by atomic mass is 10.0. The summed E-state index contributed by atoms with van der Waals surface area (Å²) >= 11 is 0. The van der Waals surface area contributed by atoms with Gasteiger partial charge in [0, 0.05) is 31.7 Å². The molecule has 10 heteroatoms. The number of likely N-dealkylation sites (N-methyl/N-ethyl adjacent to an activating group) is 1. The SMILES string of the molecule is CC(c1cccnc1)N(c1ccccc1)c1cc(N(C)CCO)c([N+](=O)[O-])c2nonc12. The summed E-state index contributed by atoms with van der Waals surface area (Å²) in [6.07, 6.45) is 3.49. The molecule has 0 radical (unpaired) electrons. The van der Waals surface area contributed by atoms with Crippen molar-refractivity contribution >= 4 is 33.8 Å². The van der Waals surface area contributed by atoms with Crippen molar-refractivity contribution in [2.75, 3.05) is 30.0 Å². The summed E-state index contributed by atoms with van der Waals surface area (Å²) in [7, 11) is 1.68. The van der Waals surface area contributed by atoms with E-state index in [-0.39, 0.29) is 35.9 Å². The third-order valence-corrected chi connectivity index (χ3v) is 5.35. The van der Waals surface area contributed by atoms with E-state index in [1.54, 1.807) is 30.4 Å². The second-order valence-electron chi connectivity index (χ2n) is 7.30. The van der Waals surface area contributed by atoms with Gasteiger partial charge >= 0.3 is 5.69 Å². The Morgan fingerprint density at radius 3 is 2.53 bits per heavy atom. The summed E-state index contributed by atoms with van der Waals surface area (Å²) in [5.74, 6) is 0. The molecule has 2 aromatic heterocycles. The van der Waals surface area contributed by atoms with E-state index >= 15 is 0 Å². The lowest BCUT2D eigenvalue weighted by Gasteiger charge is -2.32. The second kappa shape index (κ2) is 8.98. The van der Waals surface area contributed by atoms with Gasteiger partial charge in [0.15, 0.2) is 5.52 Å². The maximum Gasteiger partial charge on any atom is 0.323 e. The molecule has 0 spiro atoms. The largest absolute Gasteiger partial charge is 0.395 e. The lowest BCUT2D eigenvalue weighted by molar-refractivity contribution is -0.382. The number of nitro groups is 1. The van der Waals surface area contributed by atoms with E-state index < -0.39 is 4.92 Å². The molecule has 0 aliphatic carbocycles. The fraction of sp³-hybridized carbons (Fsp3) is 0.227. The van der Waals surface area contributed by atoms with Crippen molar-refractivity contribution in [2.24, 2.45) is 0 Å². The number of pyridine rings is 1. The highest BCUT2D eigenvalue weighted by atomic mass is 16.6. The Bertz CT molecular complexity index is 1220. The number of nitrogens with zero attached hydrogens (tertiary/aromatic N) is 6. The molecular weight excluding hydrogens is 412 g/mol. The molecule has 1 unspecified atom stereocenters. The molecule has 0 fully saturated rings. The van der Waals surface area contributed by atoms with Gasteiger partial charge in [-0.3, -0.25) is 15.1 Å². The first kappa shape index (κ1) is 21.2. The minimum atomic E-state index is -0.503. The van der Waals surface area contributed by atoms with E-state index in [1.165, 1.54) is 0 Å². The van der Waals surface area contributed by atoms with E-state index in [1.807, 2.05) is 54.3 Å². The molecule has 2 heterocycles. The Morgan fingerprint density at radius 2 is 1.88 bits per heavy atom. The molecule has 0 saturated carbocycles. The van der Waals surface area contributed by atoms with Crippen LogP contribution in [0.5, 0.6) is 0 Å². The lowest BCUT2D eigenvalue weighted by Crippen LogP contribution is -2.25. The fourth-order valence-corrected chi connectivity index (χ4v) is 3.76. The average molecular weight is 434 g/mol. The van der Waals surface area contributed by atoms with Crippen LogP contribution < -0.4 is 9.80 Å². The number of aliphatic hydroxyl groups is 1. The van der Waals surface area contributed by atoms with Crippen LogP contribution in [0.2, 0.25) is 0 Å². The molecule has 1 N–H and O–H groups in total. The number of benzene rings is 2. The molecule has 1 atom stereocenters. The molecule has 32 heavy (non-hydrogen) atoms. The average Bonchev–Trinajstić information content (AvgIpc) is 3.30. The number of hydrogen-bond acceptors (Lipinski definition) is 9. The highest BCUT2D eigenvalue weighted by Gasteiger charge is 2.31. The number of rotatable bonds is 8. The summed E-state index contributed by atoms with van der Waals surface area (Å²) in [5.41, 5.74) is 2.81. The second-order valence-corrected chi connectivity index (χ2v) is 7.30. The standard InChI is InChI=1S/C22H22N6O4/c1-15(16-7-6-10-23-14-16)27(17-8-4-3-5-9-17)18-13-19(26(2)11-12-29)22(28(30)31)21-20(18)24-32-25-21/h3-10,13-15,29H,11-12H2,1-2H3. The Balaban J connectivity index is 2.00. The first-order valence-electron chi connectivity index (χ1n) is 10.0. The van der Waals surface area contributed by atoms with Crippen LogP contribution in [0.1, 0.15) is 18.5 Å². The van der Waals surface area contributed by atoms with Crippen LogP contribution in [0, 0.1) is 10.1 Å². The van der Waals surface area contributed by atoms with Crippen molar-refractivity contribution in [1.82, 2.24) is 15.3 Å². The van der Waals surface area contributed by atoms with Crippen LogP contribution in [0.3, 0.4) is 0 Å². The minimum Gasteiger partial charge on any atom is -0.395 e. The minimum absolute atomic E-state index is 0.0478. The van der Waals surface area contributed by atoms with Gasteiger partial charge in [-0.2, -0.15) is 0 Å². The predicted molar refractivity (Wildman–Crippen MR) is 120 cm³/mol. The van der Waals surface area contributed by atoms with Gasteiger partial charge in [-0.25, -0.2) is 4.63 Å². The molecule has 10 nitrogen and oxygen atoms in total. The zero-order valence-corrected chi connectivity index (χ0v) is 17.6. The van der Waals surface area contributed by atoms with Crippen LogP contribution in [0.4, 0.5) is 22.7 Å². The number of aromatic nitrogens is 3. The van der Waals surface area contributed by atoms with Gasteiger partial charge in [-0.1, -0.05) is 24.3 Å². The van der Waals surface area contributed by atoms with Gasteiger partial charge in [0.25, 0.3) is 0 Å². The number of hydrogen-bond donors (Lipinski definition) is 1. The molecule has 4 aromatic rings. The molecular formula is C22H22N6O4. The topological polar surface area (TPSA) is 122 Å². The molecule has 0 aliphatic heterocycles. The Hall–Kier alpha value is -4.05. The van der Waals surface area contributed by atoms with E-state index in [9.17, 15) is 15.2 Å². The summed E-state index contributed by atoms with van der Waals surface area (Å²) in [4.78, 5) is 19.3. The summed E-state index contributed by atoms with van der Waals surface area (Å²) < 4.78 is 4.95. The number of nitro benzene ring substituents is 1. The van der Waals surface area contributed by atoms with Crippen LogP contribution in [-0.4, -0.2) is 45.5 Å². The Labute approximate surface area is 183 Å². The van der Waals surface area contributed by atoms with Crippen LogP contribution in [-0.2, 0) is 0 Å². The van der Waals surface area contributed by atoms with Gasteiger partial charge in [0.05, 0.1) is 23.3 Å². The Morgan fingerprint density at radius 1 is 1.12 bits per heavy atom. The van der Waals surface area contributed by atoms with Gasteiger partial charge in [0.1, 0.15) is 5.69 Å². The van der Waals surface area contributed by atoms with Gasteiger partial charge in [0.2, 0.25) is 5.52 Å². The number of para-hydroxylation sites is 1. The van der Waals surface area contributed by atoms with E-state index in [0.717, 1.165) is 11.3 Å². The first-order chi connectivity index (χ1) is 15.5. The molecule has 0 aliphatic rings. The third kappa shape index (κ3) is 3.83. The van der Waals surface area contributed by atoms with Gasteiger partial charge in [-0.05, 0) is 47.1 Å². The van der Waals surface area contributed by atoms with Crippen molar-refractivity contribution in [2.45, 2.75) is 13.0 Å². The van der Waals surface area contributed by atoms with E-state index in [2.05, 4.69) is 15.3 Å². The highest BCUT2D eigenvalue weighted by molar-refractivity contribution is 6.01. The van der Waals surface area contributed by atoms with Crippen molar-refractivity contribution in [3.05, 3.63) is 76.6 Å². The van der Waals surface area contributed by atoms with E-state index in [0.29, 0.717) is 11.4 Å².